The molecule has 86 valence electrons. The molecule has 0 saturated carbocycles. The minimum absolute atomic E-state index is 0.306. The molecule has 0 heterocycles. The average molecular weight is 247 g/mol. The molecule has 0 saturated heterocycles. The van der Waals surface area contributed by atoms with Gasteiger partial charge in [0.2, 0.25) is 0 Å². The first-order chi connectivity index (χ1) is 8.08. The highest BCUT2D eigenvalue weighted by Gasteiger charge is 2.06. The molecule has 2 nitrogen and oxygen atoms in total. The summed E-state index contributed by atoms with van der Waals surface area (Å²) in [5.74, 6) is -0.907. The SMILES string of the molecule is Cc1cc(C(=O)O)ccc1-c1ccc(Cl)cc1. The summed E-state index contributed by atoms with van der Waals surface area (Å²) in [6.07, 6.45) is 0. The van der Waals surface area contributed by atoms with Crippen LogP contribution in [0, 0.1) is 6.92 Å². The van der Waals surface area contributed by atoms with Crippen molar-refractivity contribution in [3.8, 4) is 11.1 Å². The summed E-state index contributed by atoms with van der Waals surface area (Å²) in [5, 5.41) is 9.58. The van der Waals surface area contributed by atoms with Crippen LogP contribution in [0.15, 0.2) is 42.5 Å². The largest absolute Gasteiger partial charge is 0.478 e. The molecule has 0 aliphatic rings. The van der Waals surface area contributed by atoms with Crippen LogP contribution in [0.25, 0.3) is 11.1 Å². The standard InChI is InChI=1S/C14H11ClO2/c1-9-8-11(14(16)17)4-7-13(9)10-2-5-12(15)6-3-10/h2-8H,1H3,(H,16,17). The van der Waals surface area contributed by atoms with Gasteiger partial charge in [-0.2, -0.15) is 0 Å². The van der Waals surface area contributed by atoms with Gasteiger partial charge >= 0.3 is 5.97 Å². The van der Waals surface area contributed by atoms with E-state index < -0.39 is 5.97 Å². The van der Waals surface area contributed by atoms with E-state index in [0.29, 0.717) is 10.6 Å². The molecule has 0 unspecified atom stereocenters. The zero-order valence-corrected chi connectivity index (χ0v) is 10.0. The number of hydrogen-bond donors (Lipinski definition) is 1. The lowest BCUT2D eigenvalue weighted by Gasteiger charge is -2.07. The fourth-order valence-corrected chi connectivity index (χ4v) is 1.88. The molecule has 0 aliphatic heterocycles. The predicted octanol–water partition coefficient (Wildman–Crippen LogP) is 4.01. The number of carboxylic acids is 1. The van der Waals surface area contributed by atoms with Crippen LogP contribution in [0.3, 0.4) is 0 Å². The number of halogens is 1. The Kier molecular flexibility index (Phi) is 3.16. The second-order valence-corrected chi connectivity index (χ2v) is 4.28. The summed E-state index contributed by atoms with van der Waals surface area (Å²) in [6.45, 7) is 1.90. The highest BCUT2D eigenvalue weighted by molar-refractivity contribution is 6.30. The molecule has 0 atom stereocenters. The molecule has 0 amide bonds. The molecule has 1 N–H and O–H groups in total. The quantitative estimate of drug-likeness (QED) is 0.869. The lowest BCUT2D eigenvalue weighted by Crippen LogP contribution is -1.97. The zero-order chi connectivity index (χ0) is 12.4. The Morgan fingerprint density at radius 3 is 2.29 bits per heavy atom. The van der Waals surface area contributed by atoms with Crippen LogP contribution in [0.5, 0.6) is 0 Å². The maximum atomic E-state index is 10.8. The van der Waals surface area contributed by atoms with Gasteiger partial charge in [0.15, 0.2) is 0 Å². The number of hydrogen-bond acceptors (Lipinski definition) is 1. The van der Waals surface area contributed by atoms with E-state index in [9.17, 15) is 4.79 Å². The van der Waals surface area contributed by atoms with Gasteiger partial charge in [0, 0.05) is 5.02 Å². The Morgan fingerprint density at radius 2 is 1.76 bits per heavy atom. The van der Waals surface area contributed by atoms with Crippen molar-refractivity contribution in [2.45, 2.75) is 6.92 Å². The first-order valence-electron chi connectivity index (χ1n) is 5.18. The van der Waals surface area contributed by atoms with Crippen LogP contribution in [-0.4, -0.2) is 11.1 Å². The minimum Gasteiger partial charge on any atom is -0.478 e. The lowest BCUT2D eigenvalue weighted by atomic mass is 9.98. The second kappa shape index (κ2) is 4.60. The summed E-state index contributed by atoms with van der Waals surface area (Å²) in [4.78, 5) is 10.8. The Bertz CT molecular complexity index is 559. The Hall–Kier alpha value is -1.80. The molecule has 3 heteroatoms. The van der Waals surface area contributed by atoms with Gasteiger partial charge < -0.3 is 5.11 Å². The van der Waals surface area contributed by atoms with E-state index >= 15 is 0 Å². The first-order valence-corrected chi connectivity index (χ1v) is 5.55. The zero-order valence-electron chi connectivity index (χ0n) is 9.27. The van der Waals surface area contributed by atoms with Crippen molar-refractivity contribution in [3.63, 3.8) is 0 Å². The highest BCUT2D eigenvalue weighted by atomic mass is 35.5. The van der Waals surface area contributed by atoms with Crippen LogP contribution in [0.1, 0.15) is 15.9 Å². The average Bonchev–Trinajstić information content (AvgIpc) is 2.30. The molecule has 0 aromatic heterocycles. The van der Waals surface area contributed by atoms with Crippen LogP contribution >= 0.6 is 11.6 Å². The number of carbonyl (C=O) groups is 1. The lowest BCUT2D eigenvalue weighted by molar-refractivity contribution is 0.0697. The molecule has 0 aliphatic carbocycles. The van der Waals surface area contributed by atoms with Crippen molar-refractivity contribution < 1.29 is 9.90 Å². The van der Waals surface area contributed by atoms with Gasteiger partial charge in [-0.1, -0.05) is 29.8 Å². The molecule has 2 aromatic rings. The van der Waals surface area contributed by atoms with Gasteiger partial charge in [-0.15, -0.1) is 0 Å². The Labute approximate surface area is 104 Å². The van der Waals surface area contributed by atoms with Gasteiger partial charge in [-0.25, -0.2) is 4.79 Å². The minimum atomic E-state index is -0.907. The van der Waals surface area contributed by atoms with Crippen LogP contribution in [0.2, 0.25) is 5.02 Å². The summed E-state index contributed by atoms with van der Waals surface area (Å²) in [7, 11) is 0. The number of rotatable bonds is 2. The Balaban J connectivity index is 2.46. The molecule has 0 spiro atoms. The molecule has 0 bridgehead atoms. The fraction of sp³-hybridized carbons (Fsp3) is 0.0714. The van der Waals surface area contributed by atoms with E-state index in [0.717, 1.165) is 16.7 Å². The van der Waals surface area contributed by atoms with Crippen LogP contribution in [-0.2, 0) is 0 Å². The molecule has 2 aromatic carbocycles. The smallest absolute Gasteiger partial charge is 0.335 e. The third-order valence-electron chi connectivity index (χ3n) is 2.63. The third-order valence-corrected chi connectivity index (χ3v) is 2.88. The van der Waals surface area contributed by atoms with Gasteiger partial charge in [0.05, 0.1) is 5.56 Å². The van der Waals surface area contributed by atoms with E-state index in [1.807, 2.05) is 37.3 Å². The van der Waals surface area contributed by atoms with Crippen LogP contribution in [0.4, 0.5) is 0 Å². The maximum Gasteiger partial charge on any atom is 0.335 e. The van der Waals surface area contributed by atoms with Crippen LogP contribution < -0.4 is 0 Å². The first kappa shape index (κ1) is 11.7. The summed E-state index contributed by atoms with van der Waals surface area (Å²) in [5.41, 5.74) is 3.29. The van der Waals surface area contributed by atoms with Gasteiger partial charge in [0.25, 0.3) is 0 Å². The highest BCUT2D eigenvalue weighted by Crippen LogP contribution is 2.25. The maximum absolute atomic E-state index is 10.8. The van der Waals surface area contributed by atoms with Gasteiger partial charge in [-0.3, -0.25) is 0 Å². The molecular formula is C14H11ClO2. The summed E-state index contributed by atoms with van der Waals surface area (Å²) in [6, 6.07) is 12.6. The van der Waals surface area contributed by atoms with Gasteiger partial charge in [0.1, 0.15) is 0 Å². The van der Waals surface area contributed by atoms with E-state index in [-0.39, 0.29) is 0 Å². The normalized spacial score (nSPS) is 10.2. The third kappa shape index (κ3) is 2.48. The van der Waals surface area contributed by atoms with Crippen molar-refractivity contribution in [2.75, 3.05) is 0 Å². The summed E-state index contributed by atoms with van der Waals surface area (Å²) >= 11 is 5.83. The topological polar surface area (TPSA) is 37.3 Å². The second-order valence-electron chi connectivity index (χ2n) is 3.84. The van der Waals surface area contributed by atoms with E-state index in [4.69, 9.17) is 16.7 Å². The number of aryl methyl sites for hydroxylation is 1. The van der Waals surface area contributed by atoms with Crippen molar-refractivity contribution in [1.29, 1.82) is 0 Å². The summed E-state index contributed by atoms with van der Waals surface area (Å²) < 4.78 is 0. The van der Waals surface area contributed by atoms with Crippen molar-refractivity contribution in [3.05, 3.63) is 58.6 Å². The Morgan fingerprint density at radius 1 is 1.12 bits per heavy atom. The van der Waals surface area contributed by atoms with Crippen molar-refractivity contribution in [1.82, 2.24) is 0 Å². The number of aromatic carboxylic acids is 1. The molecular weight excluding hydrogens is 236 g/mol. The molecule has 2 rings (SSSR count). The monoisotopic (exact) mass is 246 g/mol. The molecule has 0 radical (unpaired) electrons. The van der Waals surface area contributed by atoms with E-state index in [2.05, 4.69) is 0 Å². The van der Waals surface area contributed by atoms with E-state index in [1.165, 1.54) is 0 Å². The van der Waals surface area contributed by atoms with Crippen molar-refractivity contribution in [2.24, 2.45) is 0 Å². The fourth-order valence-electron chi connectivity index (χ4n) is 1.75. The number of benzene rings is 2. The number of carboxylic acid groups (broad SMARTS) is 1. The van der Waals surface area contributed by atoms with E-state index in [1.54, 1.807) is 12.1 Å². The van der Waals surface area contributed by atoms with Gasteiger partial charge in [-0.05, 0) is 47.9 Å². The molecule has 17 heavy (non-hydrogen) atoms. The van der Waals surface area contributed by atoms with Crippen molar-refractivity contribution >= 4 is 17.6 Å². The predicted molar refractivity (Wildman–Crippen MR) is 68.6 cm³/mol. The molecule has 0 fully saturated rings.